The molecule has 0 radical (unpaired) electrons. The summed E-state index contributed by atoms with van der Waals surface area (Å²) < 4.78 is 5.08. The molecular weight excluding hydrogens is 226 g/mol. The van der Waals surface area contributed by atoms with E-state index in [9.17, 15) is 4.79 Å². The van der Waals surface area contributed by atoms with Crippen LogP contribution >= 0.6 is 11.6 Å². The molecule has 16 heavy (non-hydrogen) atoms. The highest BCUT2D eigenvalue weighted by Gasteiger charge is 2.09. The molecule has 0 aromatic heterocycles. The minimum absolute atomic E-state index is 0.126. The van der Waals surface area contributed by atoms with E-state index in [-0.39, 0.29) is 25.0 Å². The third-order valence-electron chi connectivity index (χ3n) is 2.30. The van der Waals surface area contributed by atoms with Gasteiger partial charge in [-0.1, -0.05) is 36.7 Å². The lowest BCUT2D eigenvalue weighted by Gasteiger charge is -2.09. The van der Waals surface area contributed by atoms with Gasteiger partial charge in [0.2, 0.25) is 0 Å². The molecule has 1 aromatic carbocycles. The Balaban J connectivity index is 2.40. The van der Waals surface area contributed by atoms with E-state index in [4.69, 9.17) is 22.1 Å². The predicted octanol–water partition coefficient (Wildman–Crippen LogP) is 2.51. The normalized spacial score (nSPS) is 12.2. The number of rotatable bonds is 5. The Morgan fingerprint density at radius 3 is 2.81 bits per heavy atom. The van der Waals surface area contributed by atoms with E-state index in [1.807, 2.05) is 25.1 Å². The van der Waals surface area contributed by atoms with Gasteiger partial charge in [0.15, 0.2) is 0 Å². The molecule has 2 N–H and O–H groups in total. The predicted molar refractivity (Wildman–Crippen MR) is 64.1 cm³/mol. The number of benzene rings is 1. The van der Waals surface area contributed by atoms with Gasteiger partial charge in [-0.25, -0.2) is 0 Å². The molecule has 1 unspecified atom stereocenters. The Morgan fingerprint density at radius 2 is 2.19 bits per heavy atom. The summed E-state index contributed by atoms with van der Waals surface area (Å²) in [6, 6.07) is 7.16. The molecule has 0 amide bonds. The lowest BCUT2D eigenvalue weighted by atomic mass is 10.2. The second-order valence-electron chi connectivity index (χ2n) is 3.62. The third kappa shape index (κ3) is 4.21. The SMILES string of the molecule is CCC(N)CC(=O)OCc1ccccc1Cl. The molecule has 0 fully saturated rings. The lowest BCUT2D eigenvalue weighted by Crippen LogP contribution is -2.23. The molecule has 1 rings (SSSR count). The fraction of sp³-hybridized carbons (Fsp3) is 0.417. The summed E-state index contributed by atoms with van der Waals surface area (Å²) >= 11 is 5.92. The summed E-state index contributed by atoms with van der Waals surface area (Å²) in [5, 5.41) is 0.607. The molecule has 0 spiro atoms. The zero-order valence-corrected chi connectivity index (χ0v) is 10.0. The van der Waals surface area contributed by atoms with Gasteiger partial charge in [-0.2, -0.15) is 0 Å². The van der Waals surface area contributed by atoms with Crippen molar-refractivity contribution in [3.05, 3.63) is 34.9 Å². The molecular formula is C12H16ClNO2. The van der Waals surface area contributed by atoms with Gasteiger partial charge in [-0.05, 0) is 12.5 Å². The first-order valence-electron chi connectivity index (χ1n) is 5.28. The maximum atomic E-state index is 11.4. The molecule has 0 aliphatic carbocycles. The summed E-state index contributed by atoms with van der Waals surface area (Å²) in [6.45, 7) is 2.14. The highest BCUT2D eigenvalue weighted by molar-refractivity contribution is 6.31. The summed E-state index contributed by atoms with van der Waals surface area (Å²) in [5.74, 6) is -0.283. The van der Waals surface area contributed by atoms with Crippen molar-refractivity contribution in [3.8, 4) is 0 Å². The molecule has 0 saturated carbocycles. The van der Waals surface area contributed by atoms with E-state index < -0.39 is 0 Å². The van der Waals surface area contributed by atoms with Crippen LogP contribution in [0.15, 0.2) is 24.3 Å². The highest BCUT2D eigenvalue weighted by Crippen LogP contribution is 2.15. The summed E-state index contributed by atoms with van der Waals surface area (Å²) in [5.41, 5.74) is 6.45. The Bertz CT molecular complexity index is 355. The fourth-order valence-electron chi connectivity index (χ4n) is 1.19. The topological polar surface area (TPSA) is 52.3 Å². The van der Waals surface area contributed by atoms with Crippen LogP contribution < -0.4 is 5.73 Å². The average Bonchev–Trinajstić information content (AvgIpc) is 2.28. The second-order valence-corrected chi connectivity index (χ2v) is 4.03. The molecule has 0 bridgehead atoms. The first kappa shape index (κ1) is 13.0. The fourth-order valence-corrected chi connectivity index (χ4v) is 1.38. The number of hydrogen-bond donors (Lipinski definition) is 1. The largest absolute Gasteiger partial charge is 0.461 e. The molecule has 0 aliphatic rings. The van der Waals surface area contributed by atoms with Gasteiger partial charge in [0.1, 0.15) is 6.61 Å². The number of halogens is 1. The van der Waals surface area contributed by atoms with Gasteiger partial charge >= 0.3 is 5.97 Å². The first-order chi connectivity index (χ1) is 7.63. The zero-order chi connectivity index (χ0) is 12.0. The van der Waals surface area contributed by atoms with Crippen molar-refractivity contribution in [1.29, 1.82) is 0 Å². The summed E-state index contributed by atoms with van der Waals surface area (Å²) in [6.07, 6.45) is 1.02. The van der Waals surface area contributed by atoms with Crippen LogP contribution in [0.1, 0.15) is 25.3 Å². The van der Waals surface area contributed by atoms with Gasteiger partial charge in [-0.15, -0.1) is 0 Å². The van der Waals surface area contributed by atoms with E-state index in [1.165, 1.54) is 0 Å². The van der Waals surface area contributed by atoms with Crippen molar-refractivity contribution in [2.24, 2.45) is 5.73 Å². The maximum Gasteiger partial charge on any atom is 0.307 e. The molecule has 1 atom stereocenters. The Morgan fingerprint density at radius 1 is 1.50 bits per heavy atom. The minimum Gasteiger partial charge on any atom is -0.461 e. The number of nitrogens with two attached hydrogens (primary N) is 1. The molecule has 0 heterocycles. The van der Waals surface area contributed by atoms with Gasteiger partial charge in [0, 0.05) is 16.6 Å². The van der Waals surface area contributed by atoms with Crippen LogP contribution in [-0.4, -0.2) is 12.0 Å². The maximum absolute atomic E-state index is 11.4. The molecule has 0 aliphatic heterocycles. The Kier molecular flexibility index (Phi) is 5.29. The Hall–Kier alpha value is -1.06. The van der Waals surface area contributed by atoms with Gasteiger partial charge in [-0.3, -0.25) is 4.79 Å². The molecule has 3 nitrogen and oxygen atoms in total. The highest BCUT2D eigenvalue weighted by atomic mass is 35.5. The first-order valence-corrected chi connectivity index (χ1v) is 5.66. The van der Waals surface area contributed by atoms with E-state index >= 15 is 0 Å². The van der Waals surface area contributed by atoms with Gasteiger partial charge in [0.05, 0.1) is 6.42 Å². The van der Waals surface area contributed by atoms with Crippen molar-refractivity contribution >= 4 is 17.6 Å². The number of esters is 1. The van der Waals surface area contributed by atoms with Gasteiger partial charge in [0.25, 0.3) is 0 Å². The smallest absolute Gasteiger partial charge is 0.307 e. The molecule has 1 aromatic rings. The van der Waals surface area contributed by atoms with E-state index in [2.05, 4.69) is 0 Å². The van der Waals surface area contributed by atoms with Crippen LogP contribution in [-0.2, 0) is 16.1 Å². The number of carbonyl (C=O) groups is 1. The summed E-state index contributed by atoms with van der Waals surface area (Å²) in [7, 11) is 0. The lowest BCUT2D eigenvalue weighted by molar-refractivity contribution is -0.145. The quantitative estimate of drug-likeness (QED) is 0.806. The van der Waals surface area contributed by atoms with Crippen LogP contribution in [0.3, 0.4) is 0 Å². The van der Waals surface area contributed by atoms with Crippen molar-refractivity contribution < 1.29 is 9.53 Å². The van der Waals surface area contributed by atoms with Crippen LogP contribution in [0, 0.1) is 0 Å². The van der Waals surface area contributed by atoms with E-state index in [1.54, 1.807) is 6.07 Å². The molecule has 0 saturated heterocycles. The standard InChI is InChI=1S/C12H16ClNO2/c1-2-10(14)7-12(15)16-8-9-5-3-4-6-11(9)13/h3-6,10H,2,7-8,14H2,1H3. The minimum atomic E-state index is -0.283. The van der Waals surface area contributed by atoms with Crippen LogP contribution in [0.25, 0.3) is 0 Å². The molecule has 4 heteroatoms. The number of carbonyl (C=O) groups excluding carboxylic acids is 1. The van der Waals surface area contributed by atoms with Crippen molar-refractivity contribution in [2.45, 2.75) is 32.4 Å². The number of hydrogen-bond acceptors (Lipinski definition) is 3. The van der Waals surface area contributed by atoms with E-state index in [0.717, 1.165) is 12.0 Å². The van der Waals surface area contributed by atoms with Crippen molar-refractivity contribution in [2.75, 3.05) is 0 Å². The van der Waals surface area contributed by atoms with Crippen molar-refractivity contribution in [1.82, 2.24) is 0 Å². The zero-order valence-electron chi connectivity index (χ0n) is 9.28. The van der Waals surface area contributed by atoms with E-state index in [0.29, 0.717) is 5.02 Å². The molecule has 88 valence electrons. The Labute approximate surface area is 101 Å². The second kappa shape index (κ2) is 6.51. The summed E-state index contributed by atoms with van der Waals surface area (Å²) in [4.78, 5) is 11.4. The van der Waals surface area contributed by atoms with Crippen LogP contribution in [0.2, 0.25) is 5.02 Å². The number of ether oxygens (including phenoxy) is 1. The third-order valence-corrected chi connectivity index (χ3v) is 2.67. The van der Waals surface area contributed by atoms with Crippen LogP contribution in [0.5, 0.6) is 0 Å². The van der Waals surface area contributed by atoms with Crippen molar-refractivity contribution in [3.63, 3.8) is 0 Å². The van der Waals surface area contributed by atoms with Crippen LogP contribution in [0.4, 0.5) is 0 Å². The van der Waals surface area contributed by atoms with Gasteiger partial charge < -0.3 is 10.5 Å². The average molecular weight is 242 g/mol. The monoisotopic (exact) mass is 241 g/mol.